The van der Waals surface area contributed by atoms with Crippen LogP contribution in [0.15, 0.2) is 24.3 Å². The number of benzene rings is 1. The molecule has 1 aliphatic rings. The number of aryl methyl sites for hydroxylation is 1. The molecular formula is C15H21N3. The van der Waals surface area contributed by atoms with Crippen molar-refractivity contribution in [1.82, 2.24) is 5.32 Å². The van der Waals surface area contributed by atoms with E-state index in [1.54, 1.807) is 0 Å². The highest BCUT2D eigenvalue weighted by Crippen LogP contribution is 2.19. The van der Waals surface area contributed by atoms with Gasteiger partial charge in [-0.1, -0.05) is 17.7 Å². The van der Waals surface area contributed by atoms with Crippen LogP contribution >= 0.6 is 0 Å². The van der Waals surface area contributed by atoms with Crippen LogP contribution < -0.4 is 10.2 Å². The summed E-state index contributed by atoms with van der Waals surface area (Å²) < 4.78 is 0. The summed E-state index contributed by atoms with van der Waals surface area (Å²) in [7, 11) is 0. The van der Waals surface area contributed by atoms with Crippen molar-refractivity contribution < 1.29 is 0 Å². The van der Waals surface area contributed by atoms with Crippen molar-refractivity contribution in [3.63, 3.8) is 0 Å². The van der Waals surface area contributed by atoms with Gasteiger partial charge >= 0.3 is 0 Å². The fourth-order valence-electron chi connectivity index (χ4n) is 2.47. The average Bonchev–Trinajstić information content (AvgIpc) is 2.53. The molecule has 2 rings (SSSR count). The summed E-state index contributed by atoms with van der Waals surface area (Å²) in [5.41, 5.74) is 2.55. The molecular weight excluding hydrogens is 222 g/mol. The van der Waals surface area contributed by atoms with E-state index < -0.39 is 0 Å². The molecule has 0 aliphatic carbocycles. The SMILES string of the molecule is Cc1ccc(N2CCC(C)NC(CC#N)C2)cc1. The molecule has 0 saturated carbocycles. The zero-order valence-electron chi connectivity index (χ0n) is 11.2. The van der Waals surface area contributed by atoms with E-state index in [9.17, 15) is 0 Å². The van der Waals surface area contributed by atoms with Crippen molar-refractivity contribution in [1.29, 1.82) is 5.26 Å². The summed E-state index contributed by atoms with van der Waals surface area (Å²) >= 11 is 0. The Kier molecular flexibility index (Phi) is 4.22. The molecule has 1 N–H and O–H groups in total. The smallest absolute Gasteiger partial charge is 0.0638 e. The summed E-state index contributed by atoms with van der Waals surface area (Å²) in [5.74, 6) is 0. The lowest BCUT2D eigenvalue weighted by Crippen LogP contribution is -2.39. The van der Waals surface area contributed by atoms with Gasteiger partial charge in [0.2, 0.25) is 0 Å². The summed E-state index contributed by atoms with van der Waals surface area (Å²) in [5, 5.41) is 12.4. The van der Waals surface area contributed by atoms with Crippen molar-refractivity contribution in [2.45, 2.75) is 38.8 Å². The van der Waals surface area contributed by atoms with E-state index in [1.165, 1.54) is 11.3 Å². The van der Waals surface area contributed by atoms with Gasteiger partial charge in [0.15, 0.2) is 0 Å². The largest absolute Gasteiger partial charge is 0.370 e. The molecule has 0 amide bonds. The van der Waals surface area contributed by atoms with Crippen LogP contribution in [0.3, 0.4) is 0 Å². The summed E-state index contributed by atoms with van der Waals surface area (Å²) in [4.78, 5) is 2.39. The standard InChI is InChI=1S/C15H21N3/c1-12-3-5-15(6-4-12)18-10-8-13(2)17-14(11-18)7-9-16/h3-6,13-14,17H,7-8,10-11H2,1-2H3. The van der Waals surface area contributed by atoms with E-state index in [2.05, 4.69) is 54.4 Å². The maximum Gasteiger partial charge on any atom is 0.0638 e. The molecule has 2 unspecified atom stereocenters. The molecule has 0 radical (unpaired) electrons. The highest BCUT2D eigenvalue weighted by atomic mass is 15.2. The van der Waals surface area contributed by atoms with Crippen molar-refractivity contribution >= 4 is 5.69 Å². The Morgan fingerprint density at radius 3 is 2.78 bits per heavy atom. The van der Waals surface area contributed by atoms with E-state index in [4.69, 9.17) is 5.26 Å². The first-order valence-corrected chi connectivity index (χ1v) is 6.63. The van der Waals surface area contributed by atoms with Gasteiger partial charge in [-0.25, -0.2) is 0 Å². The van der Waals surface area contributed by atoms with E-state index in [1.807, 2.05) is 0 Å². The fraction of sp³-hybridized carbons (Fsp3) is 0.533. The number of rotatable bonds is 2. The molecule has 2 atom stereocenters. The molecule has 1 aromatic rings. The Morgan fingerprint density at radius 1 is 1.39 bits per heavy atom. The van der Waals surface area contributed by atoms with Crippen LogP contribution in [0, 0.1) is 18.3 Å². The summed E-state index contributed by atoms with van der Waals surface area (Å²) in [6.07, 6.45) is 1.70. The third kappa shape index (κ3) is 3.24. The molecule has 0 spiro atoms. The van der Waals surface area contributed by atoms with Gasteiger partial charge in [0.1, 0.15) is 0 Å². The monoisotopic (exact) mass is 243 g/mol. The van der Waals surface area contributed by atoms with Crippen LogP contribution in [-0.4, -0.2) is 25.2 Å². The molecule has 1 aromatic carbocycles. The van der Waals surface area contributed by atoms with Gasteiger partial charge in [0, 0.05) is 30.9 Å². The maximum atomic E-state index is 8.88. The van der Waals surface area contributed by atoms with Gasteiger partial charge < -0.3 is 10.2 Å². The van der Waals surface area contributed by atoms with E-state index in [-0.39, 0.29) is 6.04 Å². The first-order chi connectivity index (χ1) is 8.69. The van der Waals surface area contributed by atoms with Gasteiger partial charge in [-0.3, -0.25) is 0 Å². The lowest BCUT2D eigenvalue weighted by atomic mass is 10.1. The molecule has 1 aliphatic heterocycles. The van der Waals surface area contributed by atoms with E-state index in [0.717, 1.165) is 19.5 Å². The Bertz CT molecular complexity index is 418. The van der Waals surface area contributed by atoms with Gasteiger partial charge in [0.25, 0.3) is 0 Å². The van der Waals surface area contributed by atoms with Gasteiger partial charge in [-0.2, -0.15) is 5.26 Å². The van der Waals surface area contributed by atoms with Crippen LogP contribution in [-0.2, 0) is 0 Å². The minimum atomic E-state index is 0.272. The van der Waals surface area contributed by atoms with Crippen molar-refractivity contribution in [3.8, 4) is 6.07 Å². The lowest BCUT2D eigenvalue weighted by Gasteiger charge is -2.25. The predicted octanol–water partition coefficient (Wildman–Crippen LogP) is 2.47. The third-order valence-corrected chi connectivity index (χ3v) is 3.53. The number of hydrogen-bond donors (Lipinski definition) is 1. The summed E-state index contributed by atoms with van der Waals surface area (Å²) in [6, 6.07) is 11.7. The van der Waals surface area contributed by atoms with Crippen LogP contribution in [0.25, 0.3) is 0 Å². The Labute approximate surface area is 109 Å². The van der Waals surface area contributed by atoms with Crippen molar-refractivity contribution in [2.24, 2.45) is 0 Å². The minimum absolute atomic E-state index is 0.272. The molecule has 3 nitrogen and oxygen atoms in total. The second-order valence-corrected chi connectivity index (χ2v) is 5.20. The lowest BCUT2D eigenvalue weighted by molar-refractivity contribution is 0.473. The average molecular weight is 243 g/mol. The Balaban J connectivity index is 2.12. The molecule has 96 valence electrons. The van der Waals surface area contributed by atoms with Gasteiger partial charge in [0.05, 0.1) is 12.5 Å². The van der Waals surface area contributed by atoms with Crippen molar-refractivity contribution in [3.05, 3.63) is 29.8 Å². The summed E-state index contributed by atoms with van der Waals surface area (Å²) in [6.45, 7) is 6.28. The fourth-order valence-corrected chi connectivity index (χ4v) is 2.47. The van der Waals surface area contributed by atoms with Crippen LogP contribution in [0.2, 0.25) is 0 Å². The maximum absolute atomic E-state index is 8.88. The van der Waals surface area contributed by atoms with Crippen LogP contribution in [0.5, 0.6) is 0 Å². The van der Waals surface area contributed by atoms with Crippen molar-refractivity contribution in [2.75, 3.05) is 18.0 Å². The highest BCUT2D eigenvalue weighted by molar-refractivity contribution is 5.47. The topological polar surface area (TPSA) is 39.1 Å². The quantitative estimate of drug-likeness (QED) is 0.867. The molecule has 18 heavy (non-hydrogen) atoms. The number of nitriles is 1. The molecule has 1 fully saturated rings. The van der Waals surface area contributed by atoms with Gasteiger partial charge in [-0.05, 0) is 32.4 Å². The minimum Gasteiger partial charge on any atom is -0.370 e. The zero-order valence-corrected chi connectivity index (χ0v) is 11.2. The number of nitrogens with one attached hydrogen (secondary N) is 1. The molecule has 1 heterocycles. The normalized spacial score (nSPS) is 24.4. The van der Waals surface area contributed by atoms with E-state index in [0.29, 0.717) is 12.5 Å². The highest BCUT2D eigenvalue weighted by Gasteiger charge is 2.21. The van der Waals surface area contributed by atoms with Crippen LogP contribution in [0.4, 0.5) is 5.69 Å². The first kappa shape index (κ1) is 12.9. The van der Waals surface area contributed by atoms with Crippen LogP contribution in [0.1, 0.15) is 25.3 Å². The second-order valence-electron chi connectivity index (χ2n) is 5.20. The van der Waals surface area contributed by atoms with E-state index >= 15 is 0 Å². The third-order valence-electron chi connectivity index (χ3n) is 3.53. The predicted molar refractivity (Wildman–Crippen MR) is 74.6 cm³/mol. The Morgan fingerprint density at radius 2 is 2.11 bits per heavy atom. The number of anilines is 1. The molecule has 1 saturated heterocycles. The zero-order chi connectivity index (χ0) is 13.0. The first-order valence-electron chi connectivity index (χ1n) is 6.63. The number of hydrogen-bond acceptors (Lipinski definition) is 3. The molecule has 0 bridgehead atoms. The molecule has 3 heteroatoms. The Hall–Kier alpha value is -1.53. The molecule has 0 aromatic heterocycles. The van der Waals surface area contributed by atoms with Gasteiger partial charge in [-0.15, -0.1) is 0 Å². The number of nitrogens with zero attached hydrogens (tertiary/aromatic N) is 2. The second kappa shape index (κ2) is 5.88.